The molecule has 0 aromatic heterocycles. The van der Waals surface area contributed by atoms with E-state index in [-0.39, 0.29) is 0 Å². The molecule has 11 heavy (non-hydrogen) atoms. The SMILES string of the molecule is C1CCOC1.CCC.CCC. The van der Waals surface area contributed by atoms with E-state index in [0.29, 0.717) is 0 Å². The van der Waals surface area contributed by atoms with Gasteiger partial charge in [-0.1, -0.05) is 40.5 Å². The lowest BCUT2D eigenvalue weighted by molar-refractivity contribution is 0.198. The first kappa shape index (κ1) is 13.5. The summed E-state index contributed by atoms with van der Waals surface area (Å²) >= 11 is 0. The van der Waals surface area contributed by atoms with Gasteiger partial charge in [-0.15, -0.1) is 0 Å². The molecule has 1 nitrogen and oxygen atoms in total. The lowest BCUT2D eigenvalue weighted by Crippen LogP contribution is -1.74. The lowest BCUT2D eigenvalue weighted by atomic mass is 10.4. The smallest absolute Gasteiger partial charge is 0.0466 e. The van der Waals surface area contributed by atoms with Crippen molar-refractivity contribution in [3.8, 4) is 0 Å². The highest BCUT2D eigenvalue weighted by Gasteiger charge is 1.94. The topological polar surface area (TPSA) is 9.23 Å². The van der Waals surface area contributed by atoms with Gasteiger partial charge in [0.15, 0.2) is 0 Å². The fraction of sp³-hybridized carbons (Fsp3) is 1.00. The Kier molecular flexibility index (Phi) is 20.3. The maximum Gasteiger partial charge on any atom is 0.0466 e. The molecule has 0 saturated carbocycles. The van der Waals surface area contributed by atoms with Gasteiger partial charge >= 0.3 is 0 Å². The molecule has 0 aliphatic carbocycles. The molecule has 0 spiro atoms. The Bertz CT molecular complexity index is 30.5. The van der Waals surface area contributed by atoms with Gasteiger partial charge < -0.3 is 4.74 Å². The van der Waals surface area contributed by atoms with E-state index < -0.39 is 0 Å². The van der Waals surface area contributed by atoms with Gasteiger partial charge in [-0.05, 0) is 12.8 Å². The van der Waals surface area contributed by atoms with E-state index in [1.165, 1.54) is 25.7 Å². The zero-order chi connectivity index (χ0) is 8.95. The molecule has 1 heteroatoms. The van der Waals surface area contributed by atoms with Crippen LogP contribution in [0.4, 0.5) is 0 Å². The van der Waals surface area contributed by atoms with Crippen LogP contribution in [0.1, 0.15) is 53.4 Å². The summed E-state index contributed by atoms with van der Waals surface area (Å²) in [6, 6.07) is 0. The second kappa shape index (κ2) is 16.5. The maximum absolute atomic E-state index is 4.94. The minimum Gasteiger partial charge on any atom is -0.381 e. The summed E-state index contributed by atoms with van der Waals surface area (Å²) in [4.78, 5) is 0. The summed E-state index contributed by atoms with van der Waals surface area (Å²) in [6.07, 6.45) is 5.06. The molecular weight excluding hydrogens is 136 g/mol. The van der Waals surface area contributed by atoms with Gasteiger partial charge in [0.1, 0.15) is 0 Å². The minimum absolute atomic E-state index is 1.00. The monoisotopic (exact) mass is 160 g/mol. The van der Waals surface area contributed by atoms with Crippen LogP contribution >= 0.6 is 0 Å². The molecule has 0 amide bonds. The normalized spacial score (nSPS) is 14.2. The van der Waals surface area contributed by atoms with Crippen LogP contribution in [0.15, 0.2) is 0 Å². The van der Waals surface area contributed by atoms with Crippen molar-refractivity contribution in [1.29, 1.82) is 0 Å². The van der Waals surface area contributed by atoms with Gasteiger partial charge in [-0.25, -0.2) is 0 Å². The first-order chi connectivity index (χ1) is 5.33. The van der Waals surface area contributed by atoms with E-state index in [1.807, 2.05) is 0 Å². The average Bonchev–Trinajstić information content (AvgIpc) is 2.44. The van der Waals surface area contributed by atoms with Crippen molar-refractivity contribution < 1.29 is 4.74 Å². The summed E-state index contributed by atoms with van der Waals surface area (Å²) in [5, 5.41) is 0. The van der Waals surface area contributed by atoms with Crippen LogP contribution in [0.5, 0.6) is 0 Å². The fourth-order valence-corrected chi connectivity index (χ4v) is 0.510. The first-order valence-corrected chi connectivity index (χ1v) is 4.91. The van der Waals surface area contributed by atoms with Crippen LogP contribution in [0, 0.1) is 0 Å². The summed E-state index contributed by atoms with van der Waals surface area (Å²) in [6.45, 7) is 10.5. The molecule has 0 aromatic carbocycles. The van der Waals surface area contributed by atoms with E-state index in [4.69, 9.17) is 4.74 Å². The Hall–Kier alpha value is -0.0400. The van der Waals surface area contributed by atoms with Crippen molar-refractivity contribution in [3.63, 3.8) is 0 Å². The molecule has 1 fully saturated rings. The molecule has 0 aromatic rings. The Morgan fingerprint density at radius 1 is 0.818 bits per heavy atom. The quantitative estimate of drug-likeness (QED) is 0.526. The van der Waals surface area contributed by atoms with Gasteiger partial charge in [-0.2, -0.15) is 0 Å². The van der Waals surface area contributed by atoms with Crippen LogP contribution < -0.4 is 0 Å². The highest BCUT2D eigenvalue weighted by molar-refractivity contribution is 4.43. The first-order valence-electron chi connectivity index (χ1n) is 4.91. The van der Waals surface area contributed by atoms with Gasteiger partial charge in [-0.3, -0.25) is 0 Å². The zero-order valence-corrected chi connectivity index (χ0v) is 8.65. The third-order valence-electron chi connectivity index (χ3n) is 0.827. The average molecular weight is 160 g/mol. The molecule has 0 radical (unpaired) electrons. The van der Waals surface area contributed by atoms with Crippen molar-refractivity contribution in [2.75, 3.05) is 13.2 Å². The van der Waals surface area contributed by atoms with Crippen molar-refractivity contribution in [1.82, 2.24) is 0 Å². The van der Waals surface area contributed by atoms with Crippen LogP contribution in [0.2, 0.25) is 0 Å². The number of rotatable bonds is 0. The Balaban J connectivity index is 0. The molecule has 0 atom stereocenters. The Morgan fingerprint density at radius 3 is 1.18 bits per heavy atom. The van der Waals surface area contributed by atoms with Crippen molar-refractivity contribution in [2.24, 2.45) is 0 Å². The number of hydrogen-bond acceptors (Lipinski definition) is 1. The van der Waals surface area contributed by atoms with Crippen molar-refractivity contribution >= 4 is 0 Å². The van der Waals surface area contributed by atoms with Crippen LogP contribution in [-0.2, 0) is 4.74 Å². The van der Waals surface area contributed by atoms with Crippen molar-refractivity contribution in [3.05, 3.63) is 0 Å². The van der Waals surface area contributed by atoms with E-state index >= 15 is 0 Å². The van der Waals surface area contributed by atoms with Gasteiger partial charge in [0.25, 0.3) is 0 Å². The minimum atomic E-state index is 1.00. The van der Waals surface area contributed by atoms with E-state index in [0.717, 1.165) is 13.2 Å². The molecule has 0 N–H and O–H groups in total. The standard InChI is InChI=1S/C4H8O.2C3H8/c1-2-4-5-3-1;2*1-3-2/h1-4H2;2*3H2,1-2H3. The molecular formula is C10H24O. The number of ether oxygens (including phenoxy) is 1. The molecule has 1 aliphatic heterocycles. The molecule has 1 rings (SSSR count). The van der Waals surface area contributed by atoms with Gasteiger partial charge in [0.05, 0.1) is 0 Å². The predicted octanol–water partition coefficient (Wildman–Crippen LogP) is 3.63. The largest absolute Gasteiger partial charge is 0.381 e. The van der Waals surface area contributed by atoms with Crippen LogP contribution in [0.25, 0.3) is 0 Å². The Morgan fingerprint density at radius 2 is 1.09 bits per heavy atom. The molecule has 1 heterocycles. The maximum atomic E-state index is 4.94. The third kappa shape index (κ3) is 25.7. The summed E-state index contributed by atoms with van der Waals surface area (Å²) in [7, 11) is 0. The third-order valence-corrected chi connectivity index (χ3v) is 0.827. The van der Waals surface area contributed by atoms with E-state index in [2.05, 4.69) is 27.7 Å². The Labute approximate surface area is 72.1 Å². The molecule has 1 aliphatic rings. The zero-order valence-electron chi connectivity index (χ0n) is 8.65. The highest BCUT2D eigenvalue weighted by atomic mass is 16.5. The van der Waals surface area contributed by atoms with Gasteiger partial charge in [0, 0.05) is 13.2 Å². The van der Waals surface area contributed by atoms with Crippen molar-refractivity contribution in [2.45, 2.75) is 53.4 Å². The molecule has 0 bridgehead atoms. The summed E-state index contributed by atoms with van der Waals surface area (Å²) in [5.41, 5.74) is 0. The van der Waals surface area contributed by atoms with Crippen LogP contribution in [0.3, 0.4) is 0 Å². The summed E-state index contributed by atoms with van der Waals surface area (Å²) < 4.78 is 4.94. The van der Waals surface area contributed by atoms with E-state index in [1.54, 1.807) is 0 Å². The lowest BCUT2D eigenvalue weighted by Gasteiger charge is -1.76. The molecule has 1 saturated heterocycles. The number of hydrogen-bond donors (Lipinski definition) is 0. The fourth-order valence-electron chi connectivity index (χ4n) is 0.510. The van der Waals surface area contributed by atoms with E-state index in [9.17, 15) is 0 Å². The van der Waals surface area contributed by atoms with Gasteiger partial charge in [0.2, 0.25) is 0 Å². The second-order valence-electron chi connectivity index (χ2n) is 2.73. The van der Waals surface area contributed by atoms with Crippen LogP contribution in [-0.4, -0.2) is 13.2 Å². The molecule has 0 unspecified atom stereocenters. The summed E-state index contributed by atoms with van der Waals surface area (Å²) in [5.74, 6) is 0. The second-order valence-corrected chi connectivity index (χ2v) is 2.73. The predicted molar refractivity (Wildman–Crippen MR) is 52.0 cm³/mol. The molecule has 70 valence electrons. The highest BCUT2D eigenvalue weighted by Crippen LogP contribution is 1.98.